The highest BCUT2D eigenvalue weighted by molar-refractivity contribution is 6.30. The van der Waals surface area contributed by atoms with Gasteiger partial charge in [-0.2, -0.15) is 0 Å². The Labute approximate surface area is 204 Å². The standard InChI is InChI=1S/C27H27ClN4O2/c1-27(25(34)32(2)26(29)31-27)21-10-6-9-20(16-21)23-17-22(28)12-11-19(23)13-14-30-24(33)15-18-7-4-3-5-8-18/h3-12,16-17H,13-15H2,1-2H3,(H2,29,31)(H,30,33). The highest BCUT2D eigenvalue weighted by atomic mass is 35.5. The molecule has 1 aliphatic rings. The van der Waals surface area contributed by atoms with Crippen LogP contribution in [0.4, 0.5) is 0 Å². The summed E-state index contributed by atoms with van der Waals surface area (Å²) in [4.78, 5) is 26.4. The van der Waals surface area contributed by atoms with E-state index in [-0.39, 0.29) is 17.8 Å². The number of hydrogen-bond acceptors (Lipinski definition) is 3. The fourth-order valence-electron chi connectivity index (χ4n) is 4.22. The van der Waals surface area contributed by atoms with Crippen molar-refractivity contribution in [2.45, 2.75) is 25.3 Å². The smallest absolute Gasteiger partial charge is 0.259 e. The zero-order chi connectivity index (χ0) is 24.3. The van der Waals surface area contributed by atoms with Gasteiger partial charge in [0, 0.05) is 18.6 Å². The number of rotatable bonds is 7. The molecule has 3 aromatic carbocycles. The molecule has 34 heavy (non-hydrogen) atoms. The van der Waals surface area contributed by atoms with Gasteiger partial charge in [0.25, 0.3) is 5.91 Å². The van der Waals surface area contributed by atoms with Gasteiger partial charge in [-0.25, -0.2) is 0 Å². The first-order valence-corrected chi connectivity index (χ1v) is 11.5. The zero-order valence-electron chi connectivity index (χ0n) is 19.2. The van der Waals surface area contributed by atoms with Crippen LogP contribution in [0, 0.1) is 5.41 Å². The van der Waals surface area contributed by atoms with Gasteiger partial charge in [-0.3, -0.25) is 19.9 Å². The van der Waals surface area contributed by atoms with E-state index >= 15 is 0 Å². The lowest BCUT2D eigenvalue weighted by Gasteiger charge is -2.23. The summed E-state index contributed by atoms with van der Waals surface area (Å²) < 4.78 is 0. The number of benzene rings is 3. The fourth-order valence-corrected chi connectivity index (χ4v) is 4.39. The summed E-state index contributed by atoms with van der Waals surface area (Å²) in [7, 11) is 1.59. The van der Waals surface area contributed by atoms with Gasteiger partial charge in [0.2, 0.25) is 5.91 Å². The number of guanidine groups is 1. The first-order valence-electron chi connectivity index (χ1n) is 11.1. The van der Waals surface area contributed by atoms with Crippen LogP contribution >= 0.6 is 11.6 Å². The molecule has 1 saturated heterocycles. The minimum Gasteiger partial charge on any atom is -0.355 e. The molecule has 4 rings (SSSR count). The lowest BCUT2D eigenvalue weighted by molar-refractivity contribution is -0.130. The SMILES string of the molecule is CN1C(=N)NC(C)(c2cccc(-c3cc(Cl)ccc3CCNC(=O)Cc3ccccc3)c2)C1=O. The van der Waals surface area contributed by atoms with E-state index in [9.17, 15) is 9.59 Å². The van der Waals surface area contributed by atoms with Crippen LogP contribution in [0.3, 0.4) is 0 Å². The van der Waals surface area contributed by atoms with Gasteiger partial charge in [0.15, 0.2) is 5.96 Å². The molecule has 3 N–H and O–H groups in total. The van der Waals surface area contributed by atoms with E-state index < -0.39 is 5.54 Å². The van der Waals surface area contributed by atoms with Crippen molar-refractivity contribution >= 4 is 29.4 Å². The normalized spacial score (nSPS) is 17.6. The first-order chi connectivity index (χ1) is 16.3. The molecule has 0 bridgehead atoms. The number of carbonyl (C=O) groups excluding carboxylic acids is 2. The molecular formula is C27H27ClN4O2. The van der Waals surface area contributed by atoms with Crippen molar-refractivity contribution in [3.63, 3.8) is 0 Å². The minimum atomic E-state index is -1.01. The van der Waals surface area contributed by atoms with E-state index in [1.807, 2.05) is 72.8 Å². The molecule has 0 spiro atoms. The Morgan fingerprint density at radius 1 is 1.09 bits per heavy atom. The van der Waals surface area contributed by atoms with E-state index in [1.54, 1.807) is 14.0 Å². The van der Waals surface area contributed by atoms with E-state index in [0.29, 0.717) is 24.4 Å². The molecule has 3 aromatic rings. The van der Waals surface area contributed by atoms with Crippen LogP contribution in [0.25, 0.3) is 11.1 Å². The van der Waals surface area contributed by atoms with Gasteiger partial charge in [0.05, 0.1) is 6.42 Å². The molecule has 0 saturated carbocycles. The Bertz CT molecular complexity index is 1240. The summed E-state index contributed by atoms with van der Waals surface area (Å²) >= 11 is 6.33. The average Bonchev–Trinajstić information content (AvgIpc) is 3.04. The highest BCUT2D eigenvalue weighted by Crippen LogP contribution is 2.33. The topological polar surface area (TPSA) is 85.3 Å². The summed E-state index contributed by atoms with van der Waals surface area (Å²) in [5, 5.41) is 14.6. The van der Waals surface area contributed by atoms with E-state index in [4.69, 9.17) is 17.0 Å². The van der Waals surface area contributed by atoms with Crippen LogP contribution in [0.2, 0.25) is 5.02 Å². The van der Waals surface area contributed by atoms with Crippen molar-refractivity contribution in [2.24, 2.45) is 0 Å². The summed E-state index contributed by atoms with van der Waals surface area (Å²) in [6, 6.07) is 23.1. The van der Waals surface area contributed by atoms with Gasteiger partial charge in [-0.1, -0.05) is 66.2 Å². The monoisotopic (exact) mass is 474 g/mol. The second-order valence-corrected chi connectivity index (χ2v) is 9.04. The zero-order valence-corrected chi connectivity index (χ0v) is 19.9. The second-order valence-electron chi connectivity index (χ2n) is 8.61. The molecule has 1 atom stereocenters. The quantitative estimate of drug-likeness (QED) is 0.481. The predicted octanol–water partition coefficient (Wildman–Crippen LogP) is 4.12. The van der Waals surface area contributed by atoms with Crippen molar-refractivity contribution in [1.29, 1.82) is 5.41 Å². The van der Waals surface area contributed by atoms with Crippen LogP contribution in [-0.4, -0.2) is 36.3 Å². The Kier molecular flexibility index (Phi) is 6.70. The van der Waals surface area contributed by atoms with Crippen molar-refractivity contribution in [2.75, 3.05) is 13.6 Å². The maximum atomic E-state index is 12.8. The first kappa shape index (κ1) is 23.5. The van der Waals surface area contributed by atoms with Gasteiger partial charge in [-0.15, -0.1) is 0 Å². The lowest BCUT2D eigenvalue weighted by atomic mass is 9.88. The molecule has 174 valence electrons. The van der Waals surface area contributed by atoms with E-state index in [0.717, 1.165) is 27.8 Å². The van der Waals surface area contributed by atoms with Gasteiger partial charge in [0.1, 0.15) is 5.54 Å². The molecule has 1 fully saturated rings. The van der Waals surface area contributed by atoms with Crippen LogP contribution in [0.5, 0.6) is 0 Å². The van der Waals surface area contributed by atoms with E-state index in [1.165, 1.54) is 4.90 Å². The average molecular weight is 475 g/mol. The summed E-state index contributed by atoms with van der Waals surface area (Å²) in [6.07, 6.45) is 0.985. The third-order valence-electron chi connectivity index (χ3n) is 6.18. The predicted molar refractivity (Wildman–Crippen MR) is 135 cm³/mol. The molecule has 2 amide bonds. The van der Waals surface area contributed by atoms with Crippen LogP contribution < -0.4 is 10.6 Å². The highest BCUT2D eigenvalue weighted by Gasteiger charge is 2.45. The van der Waals surface area contributed by atoms with Gasteiger partial charge in [-0.05, 0) is 59.4 Å². The Hall–Kier alpha value is -3.64. The van der Waals surface area contributed by atoms with Crippen molar-refractivity contribution in [1.82, 2.24) is 15.5 Å². The Morgan fingerprint density at radius 3 is 2.56 bits per heavy atom. The molecular weight excluding hydrogens is 448 g/mol. The molecule has 0 aromatic heterocycles. The number of nitrogens with zero attached hydrogens (tertiary/aromatic N) is 1. The molecule has 6 nitrogen and oxygen atoms in total. The third kappa shape index (κ3) is 4.82. The lowest BCUT2D eigenvalue weighted by Crippen LogP contribution is -2.40. The molecule has 1 unspecified atom stereocenters. The largest absolute Gasteiger partial charge is 0.355 e. The number of hydrogen-bond donors (Lipinski definition) is 3. The van der Waals surface area contributed by atoms with Crippen molar-refractivity contribution in [3.05, 3.63) is 94.5 Å². The number of carbonyl (C=O) groups is 2. The van der Waals surface area contributed by atoms with Gasteiger partial charge < -0.3 is 10.6 Å². The minimum absolute atomic E-state index is 0.0194. The van der Waals surface area contributed by atoms with Crippen LogP contribution in [0.1, 0.15) is 23.6 Å². The number of nitrogens with one attached hydrogen (secondary N) is 3. The van der Waals surface area contributed by atoms with Crippen molar-refractivity contribution < 1.29 is 9.59 Å². The van der Waals surface area contributed by atoms with Crippen LogP contribution in [-0.2, 0) is 28.0 Å². The fraction of sp³-hybridized carbons (Fsp3) is 0.222. The summed E-state index contributed by atoms with van der Waals surface area (Å²) in [5.41, 5.74) is 3.65. The number of halogens is 1. The molecule has 1 aliphatic heterocycles. The van der Waals surface area contributed by atoms with Gasteiger partial charge >= 0.3 is 0 Å². The third-order valence-corrected chi connectivity index (χ3v) is 6.42. The van der Waals surface area contributed by atoms with Crippen molar-refractivity contribution in [3.8, 4) is 11.1 Å². The Balaban J connectivity index is 1.52. The number of amides is 2. The maximum Gasteiger partial charge on any atom is 0.259 e. The molecule has 0 radical (unpaired) electrons. The maximum absolute atomic E-state index is 12.8. The molecule has 1 heterocycles. The van der Waals surface area contributed by atoms with E-state index in [2.05, 4.69) is 10.6 Å². The molecule has 0 aliphatic carbocycles. The summed E-state index contributed by atoms with van der Waals surface area (Å²) in [5.74, 6) is -0.122. The molecule has 7 heteroatoms. The number of likely N-dealkylation sites (N-methyl/N-ethyl adjacent to an activating group) is 1. The second kappa shape index (κ2) is 9.69. The summed E-state index contributed by atoms with van der Waals surface area (Å²) in [6.45, 7) is 2.29. The Morgan fingerprint density at radius 2 is 1.85 bits per heavy atom. The van der Waals surface area contributed by atoms with Crippen LogP contribution in [0.15, 0.2) is 72.8 Å².